The molecule has 1 aromatic heterocycles. The van der Waals surface area contributed by atoms with Gasteiger partial charge in [-0.2, -0.15) is 0 Å². The minimum atomic E-state index is -1.21. The van der Waals surface area contributed by atoms with Gasteiger partial charge in [0.05, 0.1) is 32.5 Å². The first-order valence-electron chi connectivity index (χ1n) is 16.8. The number of hydrogen-bond donors (Lipinski definition) is 3. The molecule has 4 rings (SSSR count). The predicted molar refractivity (Wildman–Crippen MR) is 180 cm³/mol. The summed E-state index contributed by atoms with van der Waals surface area (Å²) in [4.78, 5) is 59.6. The van der Waals surface area contributed by atoms with E-state index in [4.69, 9.17) is 19.2 Å². The lowest BCUT2D eigenvalue weighted by Gasteiger charge is -2.35. The van der Waals surface area contributed by atoms with Gasteiger partial charge in [-0.3, -0.25) is 19.3 Å². The van der Waals surface area contributed by atoms with Crippen LogP contribution in [-0.4, -0.2) is 116 Å². The van der Waals surface area contributed by atoms with Gasteiger partial charge in [0.25, 0.3) is 0 Å². The van der Waals surface area contributed by atoms with Gasteiger partial charge < -0.3 is 34.9 Å². The number of benzene rings is 1. The van der Waals surface area contributed by atoms with Crippen molar-refractivity contribution in [2.24, 2.45) is 5.92 Å². The van der Waals surface area contributed by atoms with Crippen molar-refractivity contribution in [1.29, 1.82) is 0 Å². The maximum atomic E-state index is 14.1. The maximum Gasteiger partial charge on any atom is 0.407 e. The average Bonchev–Trinajstić information content (AvgIpc) is 3.79. The Labute approximate surface area is 286 Å². The van der Waals surface area contributed by atoms with E-state index >= 15 is 0 Å². The van der Waals surface area contributed by atoms with Gasteiger partial charge >= 0.3 is 6.09 Å². The molecule has 264 valence electrons. The van der Waals surface area contributed by atoms with Gasteiger partial charge in [-0.25, -0.2) is 9.78 Å². The van der Waals surface area contributed by atoms with Crippen LogP contribution in [0.25, 0.3) is 0 Å². The highest BCUT2D eigenvalue weighted by atomic mass is 32.1. The van der Waals surface area contributed by atoms with Gasteiger partial charge in [0.15, 0.2) is 0 Å². The Morgan fingerprint density at radius 2 is 1.77 bits per heavy atom. The first-order chi connectivity index (χ1) is 23.2. The van der Waals surface area contributed by atoms with Crippen molar-refractivity contribution in [1.82, 2.24) is 25.4 Å². The molecule has 2 aliphatic rings. The molecule has 3 amide bonds. The number of carbonyl (C=O) groups excluding carboxylic acids is 3. The highest BCUT2D eigenvalue weighted by molar-refractivity contribution is 7.10. The molecule has 48 heavy (non-hydrogen) atoms. The number of likely N-dealkylation sites (tertiary alicyclic amines) is 1. The number of ketones is 1. The van der Waals surface area contributed by atoms with Crippen molar-refractivity contribution < 1.29 is 38.5 Å². The molecule has 14 heteroatoms. The minimum absolute atomic E-state index is 0.0318. The van der Waals surface area contributed by atoms with E-state index in [9.17, 15) is 24.3 Å². The zero-order valence-corrected chi connectivity index (χ0v) is 29.0. The minimum Gasteiger partial charge on any atom is -0.491 e. The monoisotopic (exact) mass is 687 g/mol. The standard InChI is InChI=1S/C34H49N5O8S/c1-23(38(3)34(43)44)31(41)37-29(24-9-5-4-6-10-24)33(42)39-15-8-13-28(39)32-36-27(22-48-32)30(40)25-11-7-12-26(21-25)47-20-19-46-18-17-45-16-14-35-2/h7,11-12,21-24,28-29,35H,4-6,8-10,13-20H2,1-3H3,(H,37,41)(H,43,44)/t23?,28?,29-/m0/s1. The second-order valence-corrected chi connectivity index (χ2v) is 13.1. The SMILES string of the molecule is CNCCOCCOCCOc1cccc(C(=O)c2csc(C3CCCN3C(=O)[C@@H](NC(=O)C(C)N(C)C(=O)O)C3CCCCC3)n2)c1. The summed E-state index contributed by atoms with van der Waals surface area (Å²) in [6.45, 7) is 5.16. The van der Waals surface area contributed by atoms with Crippen molar-refractivity contribution >= 4 is 35.0 Å². The highest BCUT2D eigenvalue weighted by Gasteiger charge is 2.40. The summed E-state index contributed by atoms with van der Waals surface area (Å²) < 4.78 is 16.8. The number of amides is 3. The number of nitrogens with zero attached hydrogens (tertiary/aromatic N) is 3. The number of carboxylic acid groups (broad SMARTS) is 1. The van der Waals surface area contributed by atoms with E-state index in [1.54, 1.807) is 34.5 Å². The average molecular weight is 688 g/mol. The van der Waals surface area contributed by atoms with E-state index in [1.807, 2.05) is 7.05 Å². The largest absolute Gasteiger partial charge is 0.491 e. The predicted octanol–water partition coefficient (Wildman–Crippen LogP) is 3.73. The van der Waals surface area contributed by atoms with Crippen molar-refractivity contribution in [2.45, 2.75) is 70.0 Å². The Kier molecular flexibility index (Phi) is 14.6. The van der Waals surface area contributed by atoms with Crippen LogP contribution in [0.15, 0.2) is 29.6 Å². The lowest BCUT2D eigenvalue weighted by atomic mass is 9.83. The number of ether oxygens (including phenoxy) is 3. The van der Waals surface area contributed by atoms with Crippen molar-refractivity contribution in [3.8, 4) is 5.75 Å². The fourth-order valence-corrected chi connectivity index (χ4v) is 7.01. The smallest absolute Gasteiger partial charge is 0.407 e. The van der Waals surface area contributed by atoms with Crippen LogP contribution in [0, 0.1) is 5.92 Å². The highest BCUT2D eigenvalue weighted by Crippen LogP contribution is 2.36. The second-order valence-electron chi connectivity index (χ2n) is 12.2. The number of nitrogens with one attached hydrogen (secondary N) is 2. The van der Waals surface area contributed by atoms with Crippen LogP contribution < -0.4 is 15.4 Å². The molecule has 2 aromatic rings. The molecule has 1 aromatic carbocycles. The molecule has 1 saturated heterocycles. The Bertz CT molecular complexity index is 1370. The summed E-state index contributed by atoms with van der Waals surface area (Å²) in [6.07, 6.45) is 4.93. The van der Waals surface area contributed by atoms with E-state index in [2.05, 4.69) is 10.6 Å². The Hall–Kier alpha value is -3.59. The summed E-state index contributed by atoms with van der Waals surface area (Å²) >= 11 is 1.35. The van der Waals surface area contributed by atoms with Crippen molar-refractivity contribution in [2.75, 3.05) is 60.2 Å². The van der Waals surface area contributed by atoms with Crippen LogP contribution >= 0.6 is 11.3 Å². The van der Waals surface area contributed by atoms with Crippen LogP contribution in [-0.2, 0) is 19.1 Å². The number of aromatic nitrogens is 1. The van der Waals surface area contributed by atoms with Crippen LogP contribution in [0.2, 0.25) is 0 Å². The normalized spacial score (nSPS) is 17.9. The van der Waals surface area contributed by atoms with Gasteiger partial charge in [0, 0.05) is 31.1 Å². The zero-order valence-electron chi connectivity index (χ0n) is 28.2. The fourth-order valence-electron chi connectivity index (χ4n) is 6.06. The molecular weight excluding hydrogens is 638 g/mol. The molecule has 2 fully saturated rings. The quantitative estimate of drug-likeness (QED) is 0.156. The number of carbonyl (C=O) groups is 4. The van der Waals surface area contributed by atoms with Crippen molar-refractivity contribution in [3.63, 3.8) is 0 Å². The molecule has 0 radical (unpaired) electrons. The van der Waals surface area contributed by atoms with E-state index in [1.165, 1.54) is 25.3 Å². The van der Waals surface area contributed by atoms with Crippen LogP contribution in [0.4, 0.5) is 4.79 Å². The zero-order chi connectivity index (χ0) is 34.5. The van der Waals surface area contributed by atoms with Crippen molar-refractivity contribution in [3.05, 3.63) is 45.9 Å². The molecular formula is C34H49N5O8S. The van der Waals surface area contributed by atoms with Crippen LogP contribution in [0.5, 0.6) is 5.75 Å². The third-order valence-corrected chi connectivity index (χ3v) is 9.93. The number of likely N-dealkylation sites (N-methyl/N-ethyl adjacent to an activating group) is 2. The molecule has 3 atom stereocenters. The first kappa shape index (κ1) is 37.2. The summed E-state index contributed by atoms with van der Waals surface area (Å²) in [7, 11) is 3.21. The van der Waals surface area contributed by atoms with Gasteiger partial charge in [-0.05, 0) is 57.7 Å². The third-order valence-electron chi connectivity index (χ3n) is 8.98. The molecule has 0 spiro atoms. The molecule has 1 aliphatic heterocycles. The Balaban J connectivity index is 1.38. The van der Waals surface area contributed by atoms with Gasteiger partial charge in [-0.15, -0.1) is 11.3 Å². The summed E-state index contributed by atoms with van der Waals surface area (Å²) in [5.41, 5.74) is 0.749. The van der Waals surface area contributed by atoms with Gasteiger partial charge in [0.1, 0.15) is 35.1 Å². The van der Waals surface area contributed by atoms with Crippen LogP contribution in [0.3, 0.4) is 0 Å². The Morgan fingerprint density at radius 1 is 1.04 bits per heavy atom. The molecule has 0 bridgehead atoms. The van der Waals surface area contributed by atoms with E-state index < -0.39 is 24.1 Å². The molecule has 2 unspecified atom stereocenters. The molecule has 3 N–H and O–H groups in total. The van der Waals surface area contributed by atoms with Gasteiger partial charge in [0.2, 0.25) is 17.6 Å². The molecule has 1 aliphatic carbocycles. The van der Waals surface area contributed by atoms with E-state index in [0.29, 0.717) is 68.0 Å². The summed E-state index contributed by atoms with van der Waals surface area (Å²) in [6, 6.07) is 4.95. The topological polar surface area (TPSA) is 160 Å². The lowest BCUT2D eigenvalue weighted by Crippen LogP contribution is -2.56. The Morgan fingerprint density at radius 3 is 2.50 bits per heavy atom. The molecule has 1 saturated carbocycles. The summed E-state index contributed by atoms with van der Waals surface area (Å²) in [5.74, 6) is -0.391. The van der Waals surface area contributed by atoms with E-state index in [-0.39, 0.29) is 23.7 Å². The summed E-state index contributed by atoms with van der Waals surface area (Å²) in [5, 5.41) is 17.7. The first-order valence-corrected chi connectivity index (χ1v) is 17.7. The number of thiazole rings is 1. The fraction of sp³-hybridized carbons (Fsp3) is 0.618. The molecule has 2 heterocycles. The molecule has 13 nitrogen and oxygen atoms in total. The number of hydrogen-bond acceptors (Lipinski definition) is 10. The van der Waals surface area contributed by atoms with Gasteiger partial charge in [-0.1, -0.05) is 31.4 Å². The third kappa shape index (κ3) is 10.2. The second kappa shape index (κ2) is 18.8. The maximum absolute atomic E-state index is 14.1. The lowest BCUT2D eigenvalue weighted by molar-refractivity contribution is -0.140. The van der Waals surface area contributed by atoms with E-state index in [0.717, 1.165) is 50.0 Å². The van der Waals surface area contributed by atoms with Crippen LogP contribution in [0.1, 0.15) is 79.0 Å². The number of rotatable bonds is 18.